The summed E-state index contributed by atoms with van der Waals surface area (Å²) in [5, 5.41) is 12.2. The lowest BCUT2D eigenvalue weighted by Gasteiger charge is -2.31. The van der Waals surface area contributed by atoms with Gasteiger partial charge in [-0.15, -0.1) is 0 Å². The van der Waals surface area contributed by atoms with Gasteiger partial charge in [-0.25, -0.2) is 13.8 Å². The highest BCUT2D eigenvalue weighted by Gasteiger charge is 2.40. The van der Waals surface area contributed by atoms with E-state index in [2.05, 4.69) is 33.7 Å². The van der Waals surface area contributed by atoms with Crippen molar-refractivity contribution < 1.29 is 31.5 Å². The van der Waals surface area contributed by atoms with Crippen LogP contribution >= 0.6 is 0 Å². The van der Waals surface area contributed by atoms with Crippen LogP contribution in [0.15, 0.2) is 55.4 Å². The number of carbonyl (C=O) groups is 2. The number of nitrogens with zero attached hydrogens (tertiary/aromatic N) is 5. The highest BCUT2D eigenvalue weighted by Crippen LogP contribution is 2.38. The van der Waals surface area contributed by atoms with Gasteiger partial charge in [0.2, 0.25) is 5.91 Å². The maximum atomic E-state index is 14.2. The van der Waals surface area contributed by atoms with Gasteiger partial charge < -0.3 is 10.2 Å². The lowest BCUT2D eigenvalue weighted by atomic mass is 10.1. The fourth-order valence-electron chi connectivity index (χ4n) is 4.60. The summed E-state index contributed by atoms with van der Waals surface area (Å²) in [4.78, 5) is 36.1. The molecule has 43 heavy (non-hydrogen) atoms. The smallest absolute Gasteiger partial charge is 0.343 e. The molecule has 2 aromatic heterocycles. The minimum absolute atomic E-state index is 0.00266. The molecule has 0 spiro atoms. The van der Waals surface area contributed by atoms with Crippen LogP contribution in [0.2, 0.25) is 0 Å². The Hall–Kier alpha value is -5.30. The molecule has 0 saturated carbocycles. The van der Waals surface area contributed by atoms with Gasteiger partial charge in [-0.1, -0.05) is 18.4 Å². The van der Waals surface area contributed by atoms with Crippen molar-refractivity contribution in [3.8, 4) is 17.9 Å². The minimum Gasteiger partial charge on any atom is -0.343 e. The van der Waals surface area contributed by atoms with Gasteiger partial charge in [0.15, 0.2) is 11.6 Å². The van der Waals surface area contributed by atoms with Crippen molar-refractivity contribution in [2.45, 2.75) is 32.0 Å². The Morgan fingerprint density at radius 1 is 1.21 bits per heavy atom. The number of alkyl halides is 3. The third-order valence-corrected chi connectivity index (χ3v) is 6.50. The number of aromatic nitrogens is 2. The van der Waals surface area contributed by atoms with Gasteiger partial charge in [-0.3, -0.25) is 19.5 Å². The summed E-state index contributed by atoms with van der Waals surface area (Å²) >= 11 is 0. The third-order valence-electron chi connectivity index (χ3n) is 6.50. The monoisotopic (exact) mass is 594 g/mol. The Morgan fingerprint density at radius 3 is 2.65 bits per heavy atom. The zero-order chi connectivity index (χ0) is 31.3. The lowest BCUT2D eigenvalue weighted by molar-refractivity contribution is -0.137. The number of halogens is 5. The molecular weight excluding hydrogens is 571 g/mol. The molecule has 1 aliphatic heterocycles. The van der Waals surface area contributed by atoms with Crippen LogP contribution in [0.4, 0.5) is 39.1 Å². The Kier molecular flexibility index (Phi) is 9.05. The van der Waals surface area contributed by atoms with E-state index in [1.807, 2.05) is 0 Å². The number of carbonyl (C=O) groups excluding carboxylic acids is 2. The molecule has 3 aromatic rings. The molecule has 1 aromatic carbocycles. The second-order valence-corrected chi connectivity index (χ2v) is 9.45. The van der Waals surface area contributed by atoms with Gasteiger partial charge in [0.25, 0.3) is 5.91 Å². The minimum atomic E-state index is -4.83. The Balaban J connectivity index is 1.70. The predicted molar refractivity (Wildman–Crippen MR) is 148 cm³/mol. The van der Waals surface area contributed by atoms with Gasteiger partial charge >= 0.3 is 6.18 Å². The largest absolute Gasteiger partial charge is 0.417 e. The van der Waals surface area contributed by atoms with Crippen LogP contribution in [0.25, 0.3) is 0 Å². The highest BCUT2D eigenvalue weighted by atomic mass is 19.4. The number of nitriles is 1. The average molecular weight is 595 g/mol. The van der Waals surface area contributed by atoms with Crippen LogP contribution in [0.3, 0.4) is 0 Å². The Labute approximate surface area is 243 Å². The second kappa shape index (κ2) is 12.7. The fraction of sp³-hybridized carbons (Fsp3) is 0.233. The van der Waals surface area contributed by atoms with E-state index in [4.69, 9.17) is 0 Å². The van der Waals surface area contributed by atoms with Crippen LogP contribution < -0.4 is 15.1 Å². The predicted octanol–water partition coefficient (Wildman–Crippen LogP) is 5.13. The standard InChI is InChI=1S/C30H23F5N6O2/c1-3-27(42)39-20-13-19(16-37-17-20)6-4-10-40(21-8-9-24(31)25(32)14-21)29(43)26-7-5-11-41(26)28-22(15-36)23(30(33,34)35)12-18(2)38-28/h3,8-9,12-14,16-17,26H,1,5,7,10-11H2,2H3,(H,39,42). The number of benzene rings is 1. The van der Waals surface area contributed by atoms with Crippen molar-refractivity contribution in [3.63, 3.8) is 0 Å². The molecule has 3 heterocycles. The maximum Gasteiger partial charge on any atom is 0.417 e. The van der Waals surface area contributed by atoms with Gasteiger partial charge in [0.1, 0.15) is 23.5 Å². The molecule has 0 aliphatic carbocycles. The highest BCUT2D eigenvalue weighted by molar-refractivity contribution is 6.00. The zero-order valence-electron chi connectivity index (χ0n) is 22.7. The zero-order valence-corrected chi connectivity index (χ0v) is 22.7. The van der Waals surface area contributed by atoms with Crippen molar-refractivity contribution in [2.75, 3.05) is 28.2 Å². The molecule has 220 valence electrons. The number of hydrogen-bond donors (Lipinski definition) is 1. The fourth-order valence-corrected chi connectivity index (χ4v) is 4.60. The first-order valence-electron chi connectivity index (χ1n) is 12.8. The molecule has 1 N–H and O–H groups in total. The van der Waals surface area contributed by atoms with Gasteiger partial charge in [-0.2, -0.15) is 18.4 Å². The van der Waals surface area contributed by atoms with E-state index in [0.29, 0.717) is 17.7 Å². The third kappa shape index (κ3) is 6.96. The summed E-state index contributed by atoms with van der Waals surface area (Å²) in [5.74, 6) is 1.80. The van der Waals surface area contributed by atoms with Gasteiger partial charge in [-0.05, 0) is 50.1 Å². The molecule has 1 aliphatic rings. The van der Waals surface area contributed by atoms with E-state index >= 15 is 0 Å². The molecule has 0 radical (unpaired) electrons. The topological polar surface area (TPSA) is 102 Å². The molecule has 1 atom stereocenters. The number of anilines is 3. The summed E-state index contributed by atoms with van der Waals surface area (Å²) in [6.07, 6.45) is -0.373. The van der Waals surface area contributed by atoms with E-state index in [-0.39, 0.29) is 36.7 Å². The van der Waals surface area contributed by atoms with Crippen molar-refractivity contribution in [1.29, 1.82) is 5.26 Å². The van der Waals surface area contributed by atoms with E-state index in [0.717, 1.165) is 29.2 Å². The number of amides is 2. The van der Waals surface area contributed by atoms with E-state index < -0.39 is 46.8 Å². The molecule has 8 nitrogen and oxygen atoms in total. The molecule has 0 bridgehead atoms. The molecule has 13 heteroatoms. The summed E-state index contributed by atoms with van der Waals surface area (Å²) in [5.41, 5.74) is -1.22. The Morgan fingerprint density at radius 2 is 1.98 bits per heavy atom. The first kappa shape index (κ1) is 30.7. The van der Waals surface area contributed by atoms with Crippen LogP contribution in [0, 0.1) is 41.7 Å². The first-order valence-corrected chi connectivity index (χ1v) is 12.8. The van der Waals surface area contributed by atoms with Crippen molar-refractivity contribution in [1.82, 2.24) is 9.97 Å². The number of hydrogen-bond acceptors (Lipinski definition) is 6. The SMILES string of the molecule is C=CC(=O)Nc1cncc(C#CCN(C(=O)C2CCCN2c2nc(C)cc(C(F)(F)F)c2C#N)c2ccc(F)c(F)c2)c1. The number of nitrogens with one attached hydrogen (secondary N) is 1. The number of rotatable bonds is 6. The van der Waals surface area contributed by atoms with E-state index in [1.165, 1.54) is 36.4 Å². The van der Waals surface area contributed by atoms with Crippen LogP contribution in [-0.4, -0.2) is 40.9 Å². The molecule has 1 fully saturated rings. The normalized spacial score (nSPS) is 14.3. The summed E-state index contributed by atoms with van der Waals surface area (Å²) in [7, 11) is 0. The van der Waals surface area contributed by atoms with Gasteiger partial charge in [0.05, 0.1) is 24.0 Å². The molecule has 4 rings (SSSR count). The lowest BCUT2D eigenvalue weighted by Crippen LogP contribution is -2.47. The quantitative estimate of drug-likeness (QED) is 0.241. The summed E-state index contributed by atoms with van der Waals surface area (Å²) in [6.45, 7) is 4.53. The van der Waals surface area contributed by atoms with Crippen molar-refractivity contribution in [3.05, 3.63) is 89.4 Å². The van der Waals surface area contributed by atoms with E-state index in [9.17, 15) is 36.8 Å². The molecule has 2 amide bonds. The second-order valence-electron chi connectivity index (χ2n) is 9.45. The van der Waals surface area contributed by atoms with E-state index in [1.54, 1.807) is 6.07 Å². The van der Waals surface area contributed by atoms with Crippen LogP contribution in [-0.2, 0) is 15.8 Å². The Bertz CT molecular complexity index is 1690. The van der Waals surface area contributed by atoms with Gasteiger partial charge in [0, 0.05) is 35.8 Å². The summed E-state index contributed by atoms with van der Waals surface area (Å²) in [6, 6.07) is 5.63. The number of pyridine rings is 2. The van der Waals surface area contributed by atoms with Crippen LogP contribution in [0.5, 0.6) is 0 Å². The summed E-state index contributed by atoms with van der Waals surface area (Å²) < 4.78 is 69.2. The number of aryl methyl sites for hydroxylation is 1. The van der Waals surface area contributed by atoms with Crippen molar-refractivity contribution >= 4 is 29.0 Å². The average Bonchev–Trinajstić information content (AvgIpc) is 3.46. The first-order chi connectivity index (χ1) is 20.4. The molecule has 1 unspecified atom stereocenters. The van der Waals surface area contributed by atoms with Crippen molar-refractivity contribution in [2.24, 2.45) is 0 Å². The maximum absolute atomic E-state index is 14.2. The molecule has 1 saturated heterocycles. The van der Waals surface area contributed by atoms with Crippen LogP contribution in [0.1, 0.15) is 35.2 Å². The molecular formula is C30H23F5N6O2.